The second-order valence-corrected chi connectivity index (χ2v) is 6.74. The lowest BCUT2D eigenvalue weighted by Crippen LogP contribution is -3.06. The summed E-state index contributed by atoms with van der Waals surface area (Å²) < 4.78 is 7.66. The van der Waals surface area contributed by atoms with Gasteiger partial charge in [-0.25, -0.2) is 4.98 Å². The molecule has 0 saturated carbocycles. The fraction of sp³-hybridized carbons (Fsp3) is 0.222. The fourth-order valence-corrected chi connectivity index (χ4v) is 3.06. The highest BCUT2D eigenvalue weighted by atomic mass is 79.9. The lowest BCUT2D eigenvalue weighted by atomic mass is 10.2. The second-order valence-electron chi connectivity index (χ2n) is 5.82. The van der Waals surface area contributed by atoms with Crippen LogP contribution in [0, 0.1) is 0 Å². The van der Waals surface area contributed by atoms with Crippen molar-refractivity contribution < 1.29 is 9.64 Å². The monoisotopic (exact) mass is 388 g/mol. The van der Waals surface area contributed by atoms with Gasteiger partial charge in [0.05, 0.1) is 14.2 Å². The third-order valence-corrected chi connectivity index (χ3v) is 4.27. The van der Waals surface area contributed by atoms with Gasteiger partial charge in [-0.05, 0) is 40.2 Å². The Morgan fingerprint density at radius 1 is 1.21 bits per heavy atom. The Morgan fingerprint density at radius 3 is 2.83 bits per heavy atom. The minimum atomic E-state index is -0.0644. The van der Waals surface area contributed by atoms with Crippen molar-refractivity contribution in [3.63, 3.8) is 0 Å². The van der Waals surface area contributed by atoms with Crippen LogP contribution >= 0.6 is 15.9 Å². The summed E-state index contributed by atoms with van der Waals surface area (Å²) in [5, 5.41) is 0. The van der Waals surface area contributed by atoms with Crippen LogP contribution in [0.2, 0.25) is 0 Å². The van der Waals surface area contributed by atoms with Gasteiger partial charge >= 0.3 is 0 Å². The van der Waals surface area contributed by atoms with E-state index in [1.54, 1.807) is 23.8 Å². The zero-order chi connectivity index (χ0) is 17.1. The van der Waals surface area contributed by atoms with Gasteiger partial charge in [-0.15, -0.1) is 0 Å². The Morgan fingerprint density at radius 2 is 2.04 bits per heavy atom. The molecule has 0 bridgehead atoms. The Labute approximate surface area is 148 Å². The lowest BCUT2D eigenvalue weighted by molar-refractivity contribution is -0.908. The number of hydrogen-bond acceptors (Lipinski definition) is 3. The number of halogens is 1. The number of rotatable bonds is 5. The first-order valence-corrected chi connectivity index (χ1v) is 8.46. The number of aromatic nitrogens is 2. The molecule has 0 spiro atoms. The van der Waals surface area contributed by atoms with Gasteiger partial charge in [-0.3, -0.25) is 9.20 Å². The number of methoxy groups -OCH3 is 1. The number of benzene rings is 1. The Balaban J connectivity index is 1.78. The van der Waals surface area contributed by atoms with E-state index in [0.717, 1.165) is 22.5 Å². The van der Waals surface area contributed by atoms with Gasteiger partial charge in [0.2, 0.25) is 0 Å². The first-order valence-electron chi connectivity index (χ1n) is 7.67. The number of quaternary nitrogens is 1. The maximum atomic E-state index is 12.3. The number of nitrogens with one attached hydrogen (secondary N) is 1. The molecule has 1 unspecified atom stereocenters. The van der Waals surface area contributed by atoms with Crippen molar-refractivity contribution in [2.45, 2.75) is 13.1 Å². The van der Waals surface area contributed by atoms with Crippen LogP contribution in [0.15, 0.2) is 57.9 Å². The van der Waals surface area contributed by atoms with Crippen molar-refractivity contribution in [2.24, 2.45) is 0 Å². The van der Waals surface area contributed by atoms with Crippen molar-refractivity contribution in [3.05, 3.63) is 74.7 Å². The summed E-state index contributed by atoms with van der Waals surface area (Å²) in [6, 6.07) is 13.4. The summed E-state index contributed by atoms with van der Waals surface area (Å²) in [4.78, 5) is 18.1. The van der Waals surface area contributed by atoms with Crippen molar-refractivity contribution in [1.82, 2.24) is 9.38 Å². The van der Waals surface area contributed by atoms with Crippen LogP contribution in [-0.4, -0.2) is 23.5 Å². The summed E-state index contributed by atoms with van der Waals surface area (Å²) in [6.07, 6.45) is 1.74. The van der Waals surface area contributed by atoms with Gasteiger partial charge in [0.15, 0.2) is 0 Å². The molecule has 24 heavy (non-hydrogen) atoms. The summed E-state index contributed by atoms with van der Waals surface area (Å²) in [7, 11) is 3.75. The molecule has 0 aliphatic heterocycles. The first-order chi connectivity index (χ1) is 11.5. The van der Waals surface area contributed by atoms with Crippen LogP contribution in [0.25, 0.3) is 5.65 Å². The predicted molar refractivity (Wildman–Crippen MR) is 96.5 cm³/mol. The summed E-state index contributed by atoms with van der Waals surface area (Å²) in [6.45, 7) is 1.51. The number of nitrogens with zero attached hydrogens (tertiary/aromatic N) is 2. The highest BCUT2D eigenvalue weighted by molar-refractivity contribution is 9.10. The van der Waals surface area contributed by atoms with Gasteiger partial charge in [-0.1, -0.05) is 12.1 Å². The average molecular weight is 389 g/mol. The van der Waals surface area contributed by atoms with Crippen molar-refractivity contribution >= 4 is 21.6 Å². The van der Waals surface area contributed by atoms with E-state index in [4.69, 9.17) is 4.74 Å². The molecule has 0 radical (unpaired) electrons. The maximum absolute atomic E-state index is 12.3. The average Bonchev–Trinajstić information content (AvgIpc) is 2.55. The molecule has 0 aliphatic carbocycles. The Bertz CT molecular complexity index is 924. The summed E-state index contributed by atoms with van der Waals surface area (Å²) >= 11 is 3.37. The van der Waals surface area contributed by atoms with E-state index in [2.05, 4.69) is 34.0 Å². The molecule has 1 atom stereocenters. The number of hydrogen-bond donors (Lipinski definition) is 1. The summed E-state index contributed by atoms with van der Waals surface area (Å²) in [5.74, 6) is 0.855. The van der Waals surface area contributed by atoms with Gasteiger partial charge in [0.25, 0.3) is 5.56 Å². The van der Waals surface area contributed by atoms with E-state index < -0.39 is 0 Å². The van der Waals surface area contributed by atoms with Crippen molar-refractivity contribution in [1.29, 1.82) is 0 Å². The number of pyridine rings is 1. The van der Waals surface area contributed by atoms with E-state index in [1.165, 1.54) is 10.5 Å². The number of fused-ring (bicyclic) bond motifs is 1. The molecule has 1 N–H and O–H groups in total. The minimum Gasteiger partial charge on any atom is -0.497 e. The van der Waals surface area contributed by atoms with Gasteiger partial charge in [-0.2, -0.15) is 0 Å². The van der Waals surface area contributed by atoms with Crippen LogP contribution < -0.4 is 15.2 Å². The second kappa shape index (κ2) is 7.15. The molecule has 2 aromatic heterocycles. The van der Waals surface area contributed by atoms with Crippen LogP contribution in [-0.2, 0) is 13.1 Å². The van der Waals surface area contributed by atoms with Crippen LogP contribution in [0.4, 0.5) is 0 Å². The normalized spacial score (nSPS) is 12.3. The smallest absolute Gasteiger partial charge is 0.258 e. The van der Waals surface area contributed by atoms with Crippen LogP contribution in [0.1, 0.15) is 11.3 Å². The largest absolute Gasteiger partial charge is 0.497 e. The third-order valence-electron chi connectivity index (χ3n) is 3.80. The molecule has 0 saturated heterocycles. The van der Waals surface area contributed by atoms with Crippen molar-refractivity contribution in [3.8, 4) is 5.75 Å². The molecular weight excluding hydrogens is 370 g/mol. The predicted octanol–water partition coefficient (Wildman–Crippen LogP) is 1.68. The topological polar surface area (TPSA) is 48.0 Å². The first kappa shape index (κ1) is 16.7. The number of ether oxygens (including phenoxy) is 1. The van der Waals surface area contributed by atoms with Crippen molar-refractivity contribution in [2.75, 3.05) is 14.2 Å². The molecule has 3 aromatic rings. The molecule has 0 aliphatic rings. The molecule has 124 valence electrons. The molecule has 0 amide bonds. The zero-order valence-corrected chi connectivity index (χ0v) is 15.2. The van der Waals surface area contributed by atoms with Gasteiger partial charge in [0.1, 0.15) is 30.2 Å². The minimum absolute atomic E-state index is 0.0644. The molecule has 5 nitrogen and oxygen atoms in total. The molecule has 1 aromatic carbocycles. The van der Waals surface area contributed by atoms with Crippen LogP contribution in [0.3, 0.4) is 0 Å². The third kappa shape index (κ3) is 3.83. The zero-order valence-electron chi connectivity index (χ0n) is 13.6. The van der Waals surface area contributed by atoms with E-state index in [0.29, 0.717) is 12.2 Å². The maximum Gasteiger partial charge on any atom is 0.258 e. The molecular formula is C18H19BrN3O2+. The molecule has 2 heterocycles. The van der Waals surface area contributed by atoms with Gasteiger partial charge < -0.3 is 9.64 Å². The molecule has 3 rings (SSSR count). The Hall–Kier alpha value is -2.18. The quantitative estimate of drug-likeness (QED) is 0.723. The van der Waals surface area contributed by atoms with E-state index in [1.807, 2.05) is 30.3 Å². The van der Waals surface area contributed by atoms with E-state index in [-0.39, 0.29) is 5.56 Å². The molecule has 0 fully saturated rings. The molecule has 6 heteroatoms. The van der Waals surface area contributed by atoms with E-state index in [9.17, 15) is 4.79 Å². The Kier molecular flexibility index (Phi) is 4.97. The lowest BCUT2D eigenvalue weighted by Gasteiger charge is -2.14. The summed E-state index contributed by atoms with van der Waals surface area (Å²) in [5.41, 5.74) is 2.58. The van der Waals surface area contributed by atoms with Crippen LogP contribution in [0.5, 0.6) is 5.75 Å². The fourth-order valence-electron chi connectivity index (χ4n) is 2.72. The standard InChI is InChI=1S/C18H18BrN3O2/c1-21(10-13-4-3-5-16(8-13)24-2)12-15-9-18(23)22-11-14(19)6-7-17(22)20-15/h3-9,11H,10,12H2,1-2H3/p+1. The van der Waals surface area contributed by atoms with Gasteiger partial charge in [0, 0.05) is 22.3 Å². The SMILES string of the molecule is COc1cccc(C[NH+](C)Cc2cc(=O)n3cc(Br)ccc3n2)c1. The highest BCUT2D eigenvalue weighted by Crippen LogP contribution is 2.12. The van der Waals surface area contributed by atoms with E-state index >= 15 is 0 Å². The highest BCUT2D eigenvalue weighted by Gasteiger charge is 2.10.